The molecule has 1 aromatic rings. The molecule has 0 saturated carbocycles. The van der Waals surface area contributed by atoms with Crippen LogP contribution in [0.1, 0.15) is 12.0 Å². The zero-order valence-electron chi connectivity index (χ0n) is 10.7. The minimum absolute atomic E-state index is 0.00160. The number of benzene rings is 1. The summed E-state index contributed by atoms with van der Waals surface area (Å²) >= 11 is 0. The van der Waals surface area contributed by atoms with Crippen LogP contribution in [0.3, 0.4) is 0 Å². The number of aliphatic hydroxyl groups is 1. The summed E-state index contributed by atoms with van der Waals surface area (Å²) in [5, 5.41) is 12.6. The Hall–Kier alpha value is -1.59. The van der Waals surface area contributed by atoms with E-state index in [1.165, 1.54) is 7.11 Å². The zero-order chi connectivity index (χ0) is 13.4. The van der Waals surface area contributed by atoms with E-state index in [1.807, 2.05) is 24.3 Å². The van der Waals surface area contributed by atoms with E-state index in [1.54, 1.807) is 7.11 Å². The van der Waals surface area contributed by atoms with Crippen LogP contribution < -0.4 is 10.1 Å². The van der Waals surface area contributed by atoms with Crippen LogP contribution in [0, 0.1) is 0 Å². The minimum Gasteiger partial charge on any atom is -0.497 e. The molecular formula is C13H19NO4. The van der Waals surface area contributed by atoms with Gasteiger partial charge in [-0.25, -0.2) is 0 Å². The van der Waals surface area contributed by atoms with Gasteiger partial charge in [-0.1, -0.05) is 12.1 Å². The number of carbonyl (C=O) groups is 1. The third-order valence-electron chi connectivity index (χ3n) is 2.47. The van der Waals surface area contributed by atoms with Crippen LogP contribution in [0.25, 0.3) is 0 Å². The van der Waals surface area contributed by atoms with Crippen LogP contribution in [0.15, 0.2) is 24.3 Å². The maximum atomic E-state index is 10.9. The van der Waals surface area contributed by atoms with Crippen molar-refractivity contribution >= 4 is 5.97 Å². The van der Waals surface area contributed by atoms with E-state index in [2.05, 4.69) is 10.1 Å². The van der Waals surface area contributed by atoms with Crippen LogP contribution in [0.2, 0.25) is 0 Å². The Morgan fingerprint density at radius 3 is 2.89 bits per heavy atom. The van der Waals surface area contributed by atoms with E-state index in [-0.39, 0.29) is 6.42 Å². The van der Waals surface area contributed by atoms with Gasteiger partial charge in [-0.05, 0) is 17.7 Å². The Labute approximate surface area is 107 Å². The minimum atomic E-state index is -0.733. The Kier molecular flexibility index (Phi) is 6.18. The number of hydrogen-bond acceptors (Lipinski definition) is 5. The van der Waals surface area contributed by atoms with Gasteiger partial charge in [0.15, 0.2) is 0 Å². The Balaban J connectivity index is 2.30. The predicted molar refractivity (Wildman–Crippen MR) is 67.3 cm³/mol. The summed E-state index contributed by atoms with van der Waals surface area (Å²) in [6.45, 7) is 0.946. The second-order valence-corrected chi connectivity index (χ2v) is 3.92. The lowest BCUT2D eigenvalue weighted by Crippen LogP contribution is -2.28. The third kappa shape index (κ3) is 5.16. The van der Waals surface area contributed by atoms with Crippen molar-refractivity contribution in [3.63, 3.8) is 0 Å². The standard InChI is InChI=1S/C13H19NO4/c1-17-12-5-3-4-10(6-12)8-14-9-11(15)7-13(16)18-2/h3-6,11,14-15H,7-9H2,1-2H3. The maximum Gasteiger partial charge on any atom is 0.308 e. The lowest BCUT2D eigenvalue weighted by Gasteiger charge is -2.11. The molecular weight excluding hydrogens is 234 g/mol. The number of aliphatic hydroxyl groups excluding tert-OH is 1. The highest BCUT2D eigenvalue weighted by Crippen LogP contribution is 2.12. The average molecular weight is 253 g/mol. The summed E-state index contributed by atoms with van der Waals surface area (Å²) in [5.41, 5.74) is 1.06. The molecule has 0 saturated heterocycles. The lowest BCUT2D eigenvalue weighted by molar-refractivity contribution is -0.142. The monoisotopic (exact) mass is 253 g/mol. The number of esters is 1. The number of rotatable bonds is 7. The van der Waals surface area contributed by atoms with Crippen molar-refractivity contribution in [2.24, 2.45) is 0 Å². The predicted octanol–water partition coefficient (Wildman–Crippen LogP) is 0.709. The van der Waals surface area contributed by atoms with Gasteiger partial charge in [0, 0.05) is 13.1 Å². The van der Waals surface area contributed by atoms with Gasteiger partial charge in [0.05, 0.1) is 26.7 Å². The smallest absolute Gasteiger partial charge is 0.308 e. The quantitative estimate of drug-likeness (QED) is 0.700. The molecule has 1 rings (SSSR count). The largest absolute Gasteiger partial charge is 0.497 e. The second-order valence-electron chi connectivity index (χ2n) is 3.92. The van der Waals surface area contributed by atoms with Crippen LogP contribution in [0.4, 0.5) is 0 Å². The number of methoxy groups -OCH3 is 2. The fourth-order valence-electron chi connectivity index (χ4n) is 1.51. The van der Waals surface area contributed by atoms with Crippen molar-refractivity contribution < 1.29 is 19.4 Å². The molecule has 0 amide bonds. The molecule has 5 nitrogen and oxygen atoms in total. The molecule has 100 valence electrons. The van der Waals surface area contributed by atoms with Crippen molar-refractivity contribution in [1.29, 1.82) is 0 Å². The molecule has 0 bridgehead atoms. The Bertz CT molecular complexity index is 381. The highest BCUT2D eigenvalue weighted by molar-refractivity contribution is 5.69. The van der Waals surface area contributed by atoms with Crippen molar-refractivity contribution in [3.05, 3.63) is 29.8 Å². The van der Waals surface area contributed by atoms with E-state index in [9.17, 15) is 9.90 Å². The number of nitrogens with one attached hydrogen (secondary N) is 1. The van der Waals surface area contributed by atoms with Gasteiger partial charge in [-0.15, -0.1) is 0 Å². The van der Waals surface area contributed by atoms with E-state index >= 15 is 0 Å². The summed E-state index contributed by atoms with van der Waals surface area (Å²) in [6, 6.07) is 7.65. The van der Waals surface area contributed by atoms with Gasteiger partial charge in [0.25, 0.3) is 0 Å². The summed E-state index contributed by atoms with van der Waals surface area (Å²) in [5.74, 6) is 0.384. The first-order valence-corrected chi connectivity index (χ1v) is 5.74. The fraction of sp³-hybridized carbons (Fsp3) is 0.462. The Morgan fingerprint density at radius 1 is 1.44 bits per heavy atom. The van der Waals surface area contributed by atoms with Crippen molar-refractivity contribution in [2.75, 3.05) is 20.8 Å². The maximum absolute atomic E-state index is 10.9. The van der Waals surface area contributed by atoms with E-state index in [0.29, 0.717) is 13.1 Å². The normalized spacial score (nSPS) is 11.9. The van der Waals surface area contributed by atoms with Crippen LogP contribution in [-0.2, 0) is 16.1 Å². The number of ether oxygens (including phenoxy) is 2. The van der Waals surface area contributed by atoms with Gasteiger partial charge < -0.3 is 19.9 Å². The molecule has 1 unspecified atom stereocenters. The Morgan fingerprint density at radius 2 is 2.22 bits per heavy atom. The van der Waals surface area contributed by atoms with Gasteiger partial charge in [-0.3, -0.25) is 4.79 Å². The van der Waals surface area contributed by atoms with Gasteiger partial charge in [0.1, 0.15) is 5.75 Å². The van der Waals surface area contributed by atoms with E-state index in [0.717, 1.165) is 11.3 Å². The molecule has 0 radical (unpaired) electrons. The van der Waals surface area contributed by atoms with Crippen LogP contribution in [0.5, 0.6) is 5.75 Å². The fourth-order valence-corrected chi connectivity index (χ4v) is 1.51. The van der Waals surface area contributed by atoms with Crippen molar-refractivity contribution in [1.82, 2.24) is 5.32 Å². The first kappa shape index (κ1) is 14.5. The molecule has 18 heavy (non-hydrogen) atoms. The molecule has 5 heteroatoms. The number of carbonyl (C=O) groups excluding carboxylic acids is 1. The molecule has 1 aromatic carbocycles. The second kappa shape index (κ2) is 7.68. The molecule has 0 spiro atoms. The first-order chi connectivity index (χ1) is 8.65. The summed E-state index contributed by atoms with van der Waals surface area (Å²) in [6.07, 6.45) is -0.732. The molecule has 0 fully saturated rings. The molecule has 0 aliphatic carbocycles. The molecule has 0 aromatic heterocycles. The van der Waals surface area contributed by atoms with Crippen LogP contribution >= 0.6 is 0 Å². The van der Waals surface area contributed by atoms with E-state index in [4.69, 9.17) is 4.74 Å². The SMILES string of the molecule is COC(=O)CC(O)CNCc1cccc(OC)c1. The van der Waals surface area contributed by atoms with Gasteiger partial charge in [-0.2, -0.15) is 0 Å². The van der Waals surface area contributed by atoms with Gasteiger partial charge >= 0.3 is 5.97 Å². The third-order valence-corrected chi connectivity index (χ3v) is 2.47. The lowest BCUT2D eigenvalue weighted by atomic mass is 10.2. The molecule has 2 N–H and O–H groups in total. The topological polar surface area (TPSA) is 67.8 Å². The molecule has 1 atom stereocenters. The van der Waals surface area contributed by atoms with Crippen LogP contribution in [-0.4, -0.2) is 37.9 Å². The highest BCUT2D eigenvalue weighted by Gasteiger charge is 2.10. The summed E-state index contributed by atoms with van der Waals surface area (Å²) in [7, 11) is 2.92. The van der Waals surface area contributed by atoms with Crippen molar-refractivity contribution in [2.45, 2.75) is 19.1 Å². The molecule has 0 aliphatic heterocycles. The molecule has 0 heterocycles. The zero-order valence-corrected chi connectivity index (χ0v) is 10.7. The van der Waals surface area contributed by atoms with E-state index < -0.39 is 12.1 Å². The van der Waals surface area contributed by atoms with Crippen molar-refractivity contribution in [3.8, 4) is 5.75 Å². The summed E-state index contributed by atoms with van der Waals surface area (Å²) < 4.78 is 9.58. The van der Waals surface area contributed by atoms with Gasteiger partial charge in [0.2, 0.25) is 0 Å². The molecule has 0 aliphatic rings. The first-order valence-electron chi connectivity index (χ1n) is 5.74. The average Bonchev–Trinajstić information content (AvgIpc) is 2.38. The summed E-state index contributed by atoms with van der Waals surface area (Å²) in [4.78, 5) is 10.9. The highest BCUT2D eigenvalue weighted by atomic mass is 16.5. The number of hydrogen-bond donors (Lipinski definition) is 2.